The van der Waals surface area contributed by atoms with Gasteiger partial charge in [-0.2, -0.15) is 0 Å². The number of aryl methyl sites for hydroxylation is 1. The zero-order valence-corrected chi connectivity index (χ0v) is 17.1. The summed E-state index contributed by atoms with van der Waals surface area (Å²) in [7, 11) is 1.54. The first-order valence-corrected chi connectivity index (χ1v) is 9.61. The van der Waals surface area contributed by atoms with Crippen molar-refractivity contribution in [1.82, 2.24) is 4.90 Å². The average Bonchev–Trinajstić information content (AvgIpc) is 2.71. The monoisotopic (exact) mass is 418 g/mol. The van der Waals surface area contributed by atoms with E-state index in [4.69, 9.17) is 16.3 Å². The van der Waals surface area contributed by atoms with Crippen LogP contribution in [-0.2, 0) is 4.79 Å². The van der Waals surface area contributed by atoms with Gasteiger partial charge in [-0.05, 0) is 30.7 Å². The highest BCUT2D eigenvalue weighted by Crippen LogP contribution is 2.31. The summed E-state index contributed by atoms with van der Waals surface area (Å²) in [6, 6.07) is 10.0. The van der Waals surface area contributed by atoms with E-state index in [-0.39, 0.29) is 18.1 Å². The Balaban J connectivity index is 1.53. The van der Waals surface area contributed by atoms with Gasteiger partial charge in [-0.25, -0.2) is 0 Å². The number of nitrogens with zero attached hydrogens (tertiary/aromatic N) is 3. The molecule has 3 rings (SSSR count). The molecule has 0 aromatic heterocycles. The summed E-state index contributed by atoms with van der Waals surface area (Å²) in [5.74, 6) is 0.408. The molecule has 2 aromatic carbocycles. The second-order valence-corrected chi connectivity index (χ2v) is 7.29. The number of halogens is 1. The minimum Gasteiger partial charge on any atom is -0.495 e. The van der Waals surface area contributed by atoms with Gasteiger partial charge >= 0.3 is 0 Å². The number of hydrogen-bond donors (Lipinski definition) is 1. The van der Waals surface area contributed by atoms with Crippen molar-refractivity contribution < 1.29 is 14.5 Å². The molecule has 0 unspecified atom stereocenters. The topological polar surface area (TPSA) is 88.0 Å². The molecule has 0 radical (unpaired) electrons. The minimum atomic E-state index is -0.405. The van der Waals surface area contributed by atoms with Gasteiger partial charge < -0.3 is 15.0 Å². The van der Waals surface area contributed by atoms with E-state index < -0.39 is 4.92 Å². The highest BCUT2D eigenvalue weighted by molar-refractivity contribution is 6.31. The molecular formula is C20H23ClN4O4. The van der Waals surface area contributed by atoms with Gasteiger partial charge in [-0.3, -0.25) is 19.8 Å². The fourth-order valence-corrected chi connectivity index (χ4v) is 3.43. The van der Waals surface area contributed by atoms with Crippen LogP contribution in [-0.4, -0.2) is 55.6 Å². The second-order valence-electron chi connectivity index (χ2n) is 6.89. The van der Waals surface area contributed by atoms with Crippen LogP contribution in [0.15, 0.2) is 36.4 Å². The molecule has 1 aliphatic rings. The van der Waals surface area contributed by atoms with Gasteiger partial charge in [0.2, 0.25) is 5.91 Å². The molecule has 1 amide bonds. The molecule has 1 aliphatic heterocycles. The number of amides is 1. The van der Waals surface area contributed by atoms with Crippen LogP contribution >= 0.6 is 11.6 Å². The number of non-ortho nitro benzene ring substituents is 1. The van der Waals surface area contributed by atoms with Crippen molar-refractivity contribution in [2.75, 3.05) is 50.1 Å². The molecule has 29 heavy (non-hydrogen) atoms. The lowest BCUT2D eigenvalue weighted by atomic mass is 10.2. The fraction of sp³-hybridized carbons (Fsp3) is 0.350. The Morgan fingerprint density at radius 2 is 1.86 bits per heavy atom. The van der Waals surface area contributed by atoms with E-state index in [1.165, 1.54) is 19.2 Å². The number of ether oxygens (including phenoxy) is 1. The molecule has 0 atom stereocenters. The molecule has 1 fully saturated rings. The van der Waals surface area contributed by atoms with Crippen molar-refractivity contribution in [3.8, 4) is 5.75 Å². The van der Waals surface area contributed by atoms with Crippen molar-refractivity contribution in [3.63, 3.8) is 0 Å². The number of methoxy groups -OCH3 is 1. The van der Waals surface area contributed by atoms with Crippen LogP contribution in [0.5, 0.6) is 5.75 Å². The quantitative estimate of drug-likeness (QED) is 0.572. The molecule has 0 aliphatic carbocycles. The Kier molecular flexibility index (Phi) is 6.56. The first kappa shape index (κ1) is 20.9. The molecular weight excluding hydrogens is 396 g/mol. The van der Waals surface area contributed by atoms with Crippen LogP contribution in [0.1, 0.15) is 5.56 Å². The maximum atomic E-state index is 12.5. The van der Waals surface area contributed by atoms with Crippen LogP contribution in [0.2, 0.25) is 5.02 Å². The first-order chi connectivity index (χ1) is 13.9. The molecule has 0 bridgehead atoms. The maximum Gasteiger partial charge on any atom is 0.269 e. The Morgan fingerprint density at radius 3 is 2.45 bits per heavy atom. The summed E-state index contributed by atoms with van der Waals surface area (Å²) in [6.07, 6.45) is 0. The van der Waals surface area contributed by atoms with Crippen molar-refractivity contribution in [1.29, 1.82) is 0 Å². The molecule has 1 N–H and O–H groups in total. The third-order valence-corrected chi connectivity index (χ3v) is 5.33. The Hall–Kier alpha value is -2.84. The minimum absolute atomic E-state index is 0.0805. The SMILES string of the molecule is COc1cc(Cl)c(C)cc1NC(=O)CN1CCN(c2ccc([N+](=O)[O-])cc2)CC1. The van der Waals surface area contributed by atoms with Gasteiger partial charge in [0.05, 0.1) is 24.3 Å². The Morgan fingerprint density at radius 1 is 1.21 bits per heavy atom. The normalized spacial score (nSPS) is 14.5. The number of nitro groups is 1. The van der Waals surface area contributed by atoms with Gasteiger partial charge in [-0.1, -0.05) is 11.6 Å². The number of piperazine rings is 1. The lowest BCUT2D eigenvalue weighted by Crippen LogP contribution is -2.48. The zero-order valence-electron chi connectivity index (χ0n) is 16.4. The van der Waals surface area contributed by atoms with Crippen molar-refractivity contribution >= 4 is 34.6 Å². The number of nitrogens with one attached hydrogen (secondary N) is 1. The van der Waals surface area contributed by atoms with Gasteiger partial charge in [0.25, 0.3) is 5.69 Å². The maximum absolute atomic E-state index is 12.5. The third-order valence-electron chi connectivity index (χ3n) is 4.92. The summed E-state index contributed by atoms with van der Waals surface area (Å²) in [4.78, 5) is 27.1. The number of hydrogen-bond acceptors (Lipinski definition) is 6. The van der Waals surface area contributed by atoms with E-state index in [0.717, 1.165) is 37.4 Å². The molecule has 8 nitrogen and oxygen atoms in total. The summed E-state index contributed by atoms with van der Waals surface area (Å²) in [5.41, 5.74) is 2.49. The second kappa shape index (κ2) is 9.11. The summed E-state index contributed by atoms with van der Waals surface area (Å²) in [6.45, 7) is 5.08. The molecule has 0 spiro atoms. The molecule has 1 heterocycles. The number of benzene rings is 2. The number of carbonyl (C=O) groups excluding carboxylic acids is 1. The number of rotatable bonds is 6. The van der Waals surface area contributed by atoms with Gasteiger partial charge in [0, 0.05) is 55.1 Å². The highest BCUT2D eigenvalue weighted by atomic mass is 35.5. The van der Waals surface area contributed by atoms with E-state index in [0.29, 0.717) is 16.5 Å². The van der Waals surface area contributed by atoms with Crippen LogP contribution in [0, 0.1) is 17.0 Å². The standard InChI is InChI=1S/C20H23ClN4O4/c1-14-11-18(19(29-2)12-17(14)21)22-20(26)13-23-7-9-24(10-8-23)15-3-5-16(6-4-15)25(27)28/h3-6,11-12H,7-10,13H2,1-2H3,(H,22,26). The lowest BCUT2D eigenvalue weighted by molar-refractivity contribution is -0.384. The van der Waals surface area contributed by atoms with Crippen LogP contribution < -0.4 is 15.0 Å². The predicted octanol–water partition coefficient (Wildman–Crippen LogP) is 3.33. The number of carbonyl (C=O) groups is 1. The van der Waals surface area contributed by atoms with E-state index in [1.807, 2.05) is 6.92 Å². The lowest BCUT2D eigenvalue weighted by Gasteiger charge is -2.35. The highest BCUT2D eigenvalue weighted by Gasteiger charge is 2.20. The van der Waals surface area contributed by atoms with Crippen LogP contribution in [0.4, 0.5) is 17.1 Å². The summed E-state index contributed by atoms with van der Waals surface area (Å²) in [5, 5.41) is 14.3. The molecule has 1 saturated heterocycles. The Labute approximate surface area is 174 Å². The molecule has 0 saturated carbocycles. The molecule has 2 aromatic rings. The van der Waals surface area contributed by atoms with Gasteiger partial charge in [0.1, 0.15) is 5.75 Å². The predicted molar refractivity (Wildman–Crippen MR) is 113 cm³/mol. The van der Waals surface area contributed by atoms with Gasteiger partial charge in [0.15, 0.2) is 0 Å². The van der Waals surface area contributed by atoms with E-state index >= 15 is 0 Å². The van der Waals surface area contributed by atoms with Crippen molar-refractivity contribution in [2.24, 2.45) is 0 Å². The van der Waals surface area contributed by atoms with E-state index in [2.05, 4.69) is 15.1 Å². The smallest absolute Gasteiger partial charge is 0.269 e. The van der Waals surface area contributed by atoms with E-state index in [1.54, 1.807) is 24.3 Å². The average molecular weight is 419 g/mol. The largest absolute Gasteiger partial charge is 0.495 e. The molecule has 154 valence electrons. The molecule has 9 heteroatoms. The number of anilines is 2. The zero-order chi connectivity index (χ0) is 21.0. The van der Waals surface area contributed by atoms with Crippen LogP contribution in [0.25, 0.3) is 0 Å². The number of nitro benzene ring substituents is 1. The Bertz CT molecular complexity index is 896. The van der Waals surface area contributed by atoms with Crippen molar-refractivity contribution in [3.05, 3.63) is 57.1 Å². The first-order valence-electron chi connectivity index (χ1n) is 9.23. The van der Waals surface area contributed by atoms with Crippen molar-refractivity contribution in [2.45, 2.75) is 6.92 Å². The van der Waals surface area contributed by atoms with Crippen LogP contribution in [0.3, 0.4) is 0 Å². The summed E-state index contributed by atoms with van der Waals surface area (Å²) >= 11 is 6.11. The third kappa shape index (κ3) is 5.16. The van der Waals surface area contributed by atoms with Gasteiger partial charge in [-0.15, -0.1) is 0 Å². The summed E-state index contributed by atoms with van der Waals surface area (Å²) < 4.78 is 5.30. The van der Waals surface area contributed by atoms with E-state index in [9.17, 15) is 14.9 Å². The fourth-order valence-electron chi connectivity index (χ4n) is 3.27.